The molecule has 0 amide bonds. The van der Waals surface area contributed by atoms with Gasteiger partial charge in [0.1, 0.15) is 0 Å². The minimum atomic E-state index is -0.398. The van der Waals surface area contributed by atoms with Gasteiger partial charge in [-0.1, -0.05) is 18.2 Å². The molecule has 0 saturated heterocycles. The van der Waals surface area contributed by atoms with E-state index in [1.807, 2.05) is 35.1 Å². The molecule has 6 nitrogen and oxygen atoms in total. The zero-order chi connectivity index (χ0) is 22.9. The van der Waals surface area contributed by atoms with Crippen LogP contribution in [0.25, 0.3) is 16.9 Å². The number of nitrogens with one attached hydrogen (secondary N) is 1. The van der Waals surface area contributed by atoms with E-state index >= 15 is 0 Å². The summed E-state index contributed by atoms with van der Waals surface area (Å²) in [4.78, 5) is 2.22. The Balaban J connectivity index is 1.46. The topological polar surface area (TPSA) is 59.0 Å². The number of H-pyrrole nitrogens is 1. The van der Waals surface area contributed by atoms with Gasteiger partial charge in [0.2, 0.25) is 0 Å². The number of rotatable bonds is 8. The molecule has 0 radical (unpaired) electrons. The van der Waals surface area contributed by atoms with Crippen molar-refractivity contribution in [2.45, 2.75) is 38.8 Å². The van der Waals surface area contributed by atoms with Crippen LogP contribution >= 0.6 is 0 Å². The number of aromatic amines is 1. The van der Waals surface area contributed by atoms with Gasteiger partial charge in [0.05, 0.1) is 24.2 Å². The Bertz CT molecular complexity index is 1270. The van der Waals surface area contributed by atoms with Crippen LogP contribution in [-0.2, 0) is 13.1 Å². The first-order valence-electron chi connectivity index (χ1n) is 11.2. The molecule has 1 fully saturated rings. The van der Waals surface area contributed by atoms with Gasteiger partial charge in [-0.15, -0.1) is 0 Å². The number of methoxy groups -OCH3 is 1. The van der Waals surface area contributed by atoms with E-state index in [1.165, 1.54) is 31.7 Å². The summed E-state index contributed by atoms with van der Waals surface area (Å²) < 4.78 is 21.5. The Kier molecular flexibility index (Phi) is 5.72. The third-order valence-electron chi connectivity index (χ3n) is 6.10. The number of aryl methyl sites for hydroxylation is 1. The van der Waals surface area contributed by atoms with Crippen LogP contribution in [0.3, 0.4) is 0 Å². The average molecular weight is 446 g/mol. The number of nitrogens with zero attached hydrogens (tertiary/aromatic N) is 4. The van der Waals surface area contributed by atoms with Gasteiger partial charge in [-0.25, -0.2) is 9.07 Å². The first kappa shape index (κ1) is 21.4. The van der Waals surface area contributed by atoms with Gasteiger partial charge in [0.25, 0.3) is 0 Å². The molecule has 1 aliphatic carbocycles. The second kappa shape index (κ2) is 8.83. The minimum absolute atomic E-state index is 0.224. The van der Waals surface area contributed by atoms with Crippen LogP contribution in [0, 0.1) is 12.7 Å². The van der Waals surface area contributed by atoms with E-state index in [0.29, 0.717) is 12.5 Å². The molecule has 1 N–H and O–H groups in total. The van der Waals surface area contributed by atoms with Gasteiger partial charge in [-0.05, 0) is 62.7 Å². The van der Waals surface area contributed by atoms with Crippen LogP contribution in [0.1, 0.15) is 41.3 Å². The van der Waals surface area contributed by atoms with Crippen LogP contribution in [0.5, 0.6) is 5.75 Å². The van der Waals surface area contributed by atoms with E-state index in [1.54, 1.807) is 6.07 Å². The summed E-state index contributed by atoms with van der Waals surface area (Å²) in [7, 11) is 3.54. The summed E-state index contributed by atoms with van der Waals surface area (Å²) in [6.45, 7) is 3.46. The van der Waals surface area contributed by atoms with E-state index in [-0.39, 0.29) is 5.75 Å². The van der Waals surface area contributed by atoms with Gasteiger partial charge in [-0.3, -0.25) is 10.00 Å². The highest BCUT2D eigenvalue weighted by Gasteiger charge is 2.26. The number of aromatic nitrogens is 4. The van der Waals surface area contributed by atoms with Crippen molar-refractivity contribution in [3.63, 3.8) is 0 Å². The number of para-hydroxylation sites is 1. The number of ether oxygens (including phenoxy) is 1. The quantitative estimate of drug-likeness (QED) is 0.404. The highest BCUT2D eigenvalue weighted by molar-refractivity contribution is 5.64. The smallest absolute Gasteiger partial charge is 0.165 e. The van der Waals surface area contributed by atoms with E-state index in [9.17, 15) is 4.39 Å². The normalized spacial score (nSPS) is 13.6. The maximum atomic E-state index is 14.5. The highest BCUT2D eigenvalue weighted by atomic mass is 19.1. The Morgan fingerprint density at radius 3 is 2.70 bits per heavy atom. The highest BCUT2D eigenvalue weighted by Crippen LogP contribution is 2.39. The second-order valence-corrected chi connectivity index (χ2v) is 8.85. The zero-order valence-corrected chi connectivity index (χ0v) is 19.2. The fraction of sp³-hybridized carbons (Fsp3) is 0.308. The predicted molar refractivity (Wildman–Crippen MR) is 126 cm³/mol. The molecule has 2 aromatic carbocycles. The Hall–Kier alpha value is -3.45. The van der Waals surface area contributed by atoms with Crippen molar-refractivity contribution >= 4 is 0 Å². The van der Waals surface area contributed by atoms with E-state index in [4.69, 9.17) is 9.84 Å². The van der Waals surface area contributed by atoms with Crippen LogP contribution in [0.2, 0.25) is 0 Å². The average Bonchev–Trinajstić information content (AvgIpc) is 3.41. The van der Waals surface area contributed by atoms with Crippen LogP contribution in [-0.4, -0.2) is 39.0 Å². The molecule has 0 spiro atoms. The second-order valence-electron chi connectivity index (χ2n) is 8.85. The molecule has 4 aromatic rings. The molecule has 0 unspecified atom stereocenters. The van der Waals surface area contributed by atoms with Crippen molar-refractivity contribution in [2.75, 3.05) is 14.2 Å². The number of benzene rings is 2. The predicted octanol–water partition coefficient (Wildman–Crippen LogP) is 5.23. The fourth-order valence-corrected chi connectivity index (χ4v) is 4.21. The molecular formula is C26H28FN5O. The van der Waals surface area contributed by atoms with E-state index < -0.39 is 5.82 Å². The van der Waals surface area contributed by atoms with Crippen molar-refractivity contribution in [3.8, 4) is 22.7 Å². The minimum Gasteiger partial charge on any atom is -0.494 e. The molecule has 0 aliphatic heterocycles. The van der Waals surface area contributed by atoms with Crippen LogP contribution in [0.4, 0.5) is 4.39 Å². The number of halogens is 1. The first-order chi connectivity index (χ1) is 16.0. The summed E-state index contributed by atoms with van der Waals surface area (Å²) in [5.41, 5.74) is 6.90. The molecule has 170 valence electrons. The summed E-state index contributed by atoms with van der Waals surface area (Å²) in [6, 6.07) is 15.3. The zero-order valence-electron chi connectivity index (χ0n) is 19.2. The van der Waals surface area contributed by atoms with Gasteiger partial charge >= 0.3 is 0 Å². The molecule has 1 saturated carbocycles. The Morgan fingerprint density at radius 2 is 1.97 bits per heavy atom. The molecule has 2 aromatic heterocycles. The van der Waals surface area contributed by atoms with Crippen molar-refractivity contribution in [2.24, 2.45) is 0 Å². The van der Waals surface area contributed by atoms with Crippen molar-refractivity contribution in [1.82, 2.24) is 24.9 Å². The summed E-state index contributed by atoms with van der Waals surface area (Å²) in [6.07, 6.45) is 4.51. The SMILES string of the molecule is COc1ccc(-c2nn(-c3ccccc3C)cc2CN(C)Cc2cc(C3CC3)n[nH]2)cc1F. The van der Waals surface area contributed by atoms with Crippen molar-refractivity contribution in [3.05, 3.63) is 83.1 Å². The lowest BCUT2D eigenvalue weighted by Crippen LogP contribution is -2.17. The molecule has 2 heterocycles. The largest absolute Gasteiger partial charge is 0.494 e. The Labute approximate surface area is 193 Å². The Morgan fingerprint density at radius 1 is 1.15 bits per heavy atom. The molecular weight excluding hydrogens is 417 g/mol. The van der Waals surface area contributed by atoms with E-state index in [2.05, 4.69) is 41.2 Å². The van der Waals surface area contributed by atoms with Crippen LogP contribution in [0.15, 0.2) is 54.7 Å². The number of hydrogen-bond acceptors (Lipinski definition) is 4. The summed E-state index contributed by atoms with van der Waals surface area (Å²) in [5.74, 6) is 0.454. The molecule has 0 bridgehead atoms. The lowest BCUT2D eigenvalue weighted by atomic mass is 10.1. The molecule has 1 aliphatic rings. The first-order valence-corrected chi connectivity index (χ1v) is 11.2. The van der Waals surface area contributed by atoms with Crippen LogP contribution < -0.4 is 4.74 Å². The van der Waals surface area contributed by atoms with Crippen molar-refractivity contribution < 1.29 is 9.13 Å². The molecule has 5 rings (SSSR count). The maximum Gasteiger partial charge on any atom is 0.165 e. The lowest BCUT2D eigenvalue weighted by molar-refractivity contribution is 0.315. The lowest BCUT2D eigenvalue weighted by Gasteiger charge is -2.15. The summed E-state index contributed by atoms with van der Waals surface area (Å²) >= 11 is 0. The van der Waals surface area contributed by atoms with Gasteiger partial charge < -0.3 is 4.74 Å². The van der Waals surface area contributed by atoms with E-state index in [0.717, 1.165) is 40.3 Å². The monoisotopic (exact) mass is 445 g/mol. The third kappa shape index (κ3) is 4.54. The maximum absolute atomic E-state index is 14.5. The molecule has 0 atom stereocenters. The van der Waals surface area contributed by atoms with Gasteiger partial charge in [-0.2, -0.15) is 10.2 Å². The van der Waals surface area contributed by atoms with Gasteiger partial charge in [0, 0.05) is 42.0 Å². The third-order valence-corrected chi connectivity index (χ3v) is 6.10. The standard InChI is InChI=1S/C26H28FN5O/c1-17-6-4-5-7-24(17)32-15-20(26(30-32)19-10-11-25(33-3)22(27)12-19)14-31(2)16-21-13-23(29-28-21)18-8-9-18/h4-7,10-13,15,18H,8-9,14,16H2,1-3H3,(H,28,29). The molecule has 7 heteroatoms. The summed E-state index contributed by atoms with van der Waals surface area (Å²) in [5, 5.41) is 12.5. The molecule has 33 heavy (non-hydrogen) atoms. The van der Waals surface area contributed by atoms with Crippen molar-refractivity contribution in [1.29, 1.82) is 0 Å². The van der Waals surface area contributed by atoms with Gasteiger partial charge in [0.15, 0.2) is 11.6 Å². The fourth-order valence-electron chi connectivity index (χ4n) is 4.21. The number of hydrogen-bond donors (Lipinski definition) is 1.